The Kier molecular flexibility index (Phi) is 11.9. The summed E-state index contributed by atoms with van der Waals surface area (Å²) in [5.41, 5.74) is 0.573. The van der Waals surface area contributed by atoms with Crippen molar-refractivity contribution in [2.24, 2.45) is 0 Å². The summed E-state index contributed by atoms with van der Waals surface area (Å²) in [6.07, 6.45) is -0.479. The highest BCUT2D eigenvalue weighted by Gasteiger charge is 2.30. The van der Waals surface area contributed by atoms with E-state index in [2.05, 4.69) is 5.32 Å². The maximum absolute atomic E-state index is 13.2. The molecule has 1 N–H and O–H groups in total. The molecule has 0 heterocycles. The molecular weight excluding hydrogens is 497 g/mol. The molecule has 0 amide bonds. The van der Waals surface area contributed by atoms with Crippen molar-refractivity contribution >= 4 is 25.5 Å². The Labute approximate surface area is 208 Å². The Morgan fingerprint density at radius 1 is 0.694 bits per heavy atom. The summed E-state index contributed by atoms with van der Waals surface area (Å²) in [7, 11) is -4.16. The molecule has 0 bridgehead atoms. The van der Waals surface area contributed by atoms with Crippen LogP contribution in [0.4, 0.5) is 0 Å². The standard InChI is InChI=1S/C23H28NO11P/c1-4-29-21(25)15-24-16-36(28,34-32-19-11-7-17(8-12-19)22(26)30-5-2)35-33-20-13-9-18(10-14-20)23(27)31-6-3/h7-14,24H,4-6,15-16H2,1-3H3. The summed E-state index contributed by atoms with van der Waals surface area (Å²) in [4.78, 5) is 45.3. The molecule has 2 aromatic rings. The summed E-state index contributed by atoms with van der Waals surface area (Å²) in [5.74, 6) is -1.38. The molecule has 0 unspecified atom stereocenters. The molecule has 196 valence electrons. The molecule has 36 heavy (non-hydrogen) atoms. The van der Waals surface area contributed by atoms with Crippen molar-refractivity contribution in [3.8, 4) is 11.5 Å². The van der Waals surface area contributed by atoms with Gasteiger partial charge in [-0.3, -0.25) is 14.7 Å². The molecule has 0 spiro atoms. The Morgan fingerprint density at radius 3 is 1.50 bits per heavy atom. The number of rotatable bonds is 15. The van der Waals surface area contributed by atoms with Gasteiger partial charge in [0.2, 0.25) is 0 Å². The summed E-state index contributed by atoms with van der Waals surface area (Å²) in [6, 6.07) is 11.3. The van der Waals surface area contributed by atoms with Crippen LogP contribution in [0.15, 0.2) is 48.5 Å². The van der Waals surface area contributed by atoms with Crippen molar-refractivity contribution in [1.29, 1.82) is 0 Å². The van der Waals surface area contributed by atoms with Crippen LogP contribution in [0.5, 0.6) is 11.5 Å². The van der Waals surface area contributed by atoms with Crippen LogP contribution in [0.1, 0.15) is 41.5 Å². The van der Waals surface area contributed by atoms with E-state index in [1.165, 1.54) is 48.5 Å². The lowest BCUT2D eigenvalue weighted by Crippen LogP contribution is -2.27. The zero-order chi connectivity index (χ0) is 26.4. The minimum Gasteiger partial charge on any atom is -0.465 e. The van der Waals surface area contributed by atoms with E-state index in [4.69, 9.17) is 33.3 Å². The zero-order valence-electron chi connectivity index (χ0n) is 20.1. The predicted molar refractivity (Wildman–Crippen MR) is 125 cm³/mol. The van der Waals surface area contributed by atoms with Gasteiger partial charge in [0.15, 0.2) is 11.5 Å². The normalized spacial score (nSPS) is 10.9. The van der Waals surface area contributed by atoms with E-state index in [9.17, 15) is 18.9 Å². The van der Waals surface area contributed by atoms with Crippen LogP contribution in [-0.4, -0.2) is 50.6 Å². The largest absolute Gasteiger partial charge is 0.465 e. The Hall–Kier alpha value is -3.44. The molecule has 2 aromatic carbocycles. The second kappa shape index (κ2) is 14.8. The molecule has 0 atom stereocenters. The average molecular weight is 525 g/mol. The maximum Gasteiger partial charge on any atom is 0.418 e. The van der Waals surface area contributed by atoms with Gasteiger partial charge in [0.25, 0.3) is 0 Å². The molecule has 2 rings (SSSR count). The van der Waals surface area contributed by atoms with Gasteiger partial charge in [0.1, 0.15) is 6.29 Å². The lowest BCUT2D eigenvalue weighted by molar-refractivity contribution is -0.171. The topological polar surface area (TPSA) is 145 Å². The van der Waals surface area contributed by atoms with E-state index in [0.29, 0.717) is 0 Å². The Bertz CT molecular complexity index is 972. The van der Waals surface area contributed by atoms with Gasteiger partial charge in [0.05, 0.1) is 37.5 Å². The van der Waals surface area contributed by atoms with E-state index in [0.717, 1.165) is 0 Å². The van der Waals surface area contributed by atoms with Crippen molar-refractivity contribution in [2.45, 2.75) is 20.8 Å². The van der Waals surface area contributed by atoms with Gasteiger partial charge >= 0.3 is 25.5 Å². The van der Waals surface area contributed by atoms with Crippen molar-refractivity contribution < 1.29 is 52.3 Å². The lowest BCUT2D eigenvalue weighted by atomic mass is 10.2. The Morgan fingerprint density at radius 2 is 1.11 bits per heavy atom. The molecule has 0 saturated carbocycles. The molecule has 0 aromatic heterocycles. The highest BCUT2D eigenvalue weighted by atomic mass is 31.2. The van der Waals surface area contributed by atoms with Gasteiger partial charge in [-0.15, -0.1) is 0 Å². The SMILES string of the molecule is CCOC(=O)CNCP(=O)(OOc1ccc(C(=O)OCC)cc1)OOc1ccc(C(=O)OCC)cc1. The smallest absolute Gasteiger partial charge is 0.418 e. The molecule has 13 heteroatoms. The maximum atomic E-state index is 13.2. The van der Waals surface area contributed by atoms with Crippen molar-refractivity contribution in [3.63, 3.8) is 0 Å². The van der Waals surface area contributed by atoms with Crippen LogP contribution in [-0.2, 0) is 32.9 Å². The first-order valence-corrected chi connectivity index (χ1v) is 12.7. The van der Waals surface area contributed by atoms with Crippen molar-refractivity contribution in [1.82, 2.24) is 5.32 Å². The molecule has 0 aliphatic heterocycles. The minimum atomic E-state index is -4.16. The number of hydrogen-bond donors (Lipinski definition) is 1. The Balaban J connectivity index is 2.03. The van der Waals surface area contributed by atoms with E-state index in [1.807, 2.05) is 0 Å². The van der Waals surface area contributed by atoms with Crippen LogP contribution in [0, 0.1) is 0 Å². The van der Waals surface area contributed by atoms with Gasteiger partial charge in [-0.1, -0.05) is 9.35 Å². The fraction of sp³-hybridized carbons (Fsp3) is 0.348. The van der Waals surface area contributed by atoms with Crippen LogP contribution in [0.25, 0.3) is 0 Å². The van der Waals surface area contributed by atoms with Gasteiger partial charge in [0, 0.05) is 0 Å². The molecule has 0 saturated heterocycles. The summed E-state index contributed by atoms with van der Waals surface area (Å²) >= 11 is 0. The number of hydrogen-bond acceptors (Lipinski definition) is 12. The van der Waals surface area contributed by atoms with Crippen LogP contribution in [0.3, 0.4) is 0 Å². The van der Waals surface area contributed by atoms with Gasteiger partial charge in [-0.05, 0) is 69.3 Å². The molecule has 12 nitrogen and oxygen atoms in total. The molecule has 0 fully saturated rings. The highest BCUT2D eigenvalue weighted by molar-refractivity contribution is 7.53. The number of esters is 3. The molecular formula is C23H28NO11P. The monoisotopic (exact) mass is 525 g/mol. The fourth-order valence-corrected chi connectivity index (χ4v) is 3.41. The number of nitrogens with one attached hydrogen (secondary N) is 1. The summed E-state index contributed by atoms with van der Waals surface area (Å²) < 4.78 is 37.8. The predicted octanol–water partition coefficient (Wildman–Crippen LogP) is 3.66. The average Bonchev–Trinajstić information content (AvgIpc) is 2.87. The number of benzene rings is 2. The third kappa shape index (κ3) is 9.67. The lowest BCUT2D eigenvalue weighted by Gasteiger charge is -2.17. The van der Waals surface area contributed by atoms with E-state index >= 15 is 0 Å². The molecule has 0 aliphatic rings. The second-order valence-electron chi connectivity index (χ2n) is 6.81. The first-order valence-electron chi connectivity index (χ1n) is 11.0. The zero-order valence-corrected chi connectivity index (χ0v) is 21.0. The summed E-state index contributed by atoms with van der Waals surface area (Å²) in [6.45, 7) is 5.39. The number of ether oxygens (including phenoxy) is 3. The minimum absolute atomic E-state index is 0.107. The van der Waals surface area contributed by atoms with E-state index in [-0.39, 0.29) is 49.0 Å². The van der Waals surface area contributed by atoms with E-state index in [1.54, 1.807) is 20.8 Å². The van der Waals surface area contributed by atoms with Crippen molar-refractivity contribution in [3.05, 3.63) is 59.7 Å². The van der Waals surface area contributed by atoms with Crippen LogP contribution < -0.4 is 15.1 Å². The molecule has 0 aliphatic carbocycles. The third-order valence-electron chi connectivity index (χ3n) is 4.11. The van der Waals surface area contributed by atoms with Crippen LogP contribution >= 0.6 is 7.60 Å². The first-order chi connectivity index (χ1) is 17.3. The quantitative estimate of drug-likeness (QED) is 0.119. The highest BCUT2D eigenvalue weighted by Crippen LogP contribution is 2.47. The van der Waals surface area contributed by atoms with Gasteiger partial charge in [-0.2, -0.15) is 0 Å². The summed E-state index contributed by atoms with van der Waals surface area (Å²) in [5, 5.41) is 2.59. The second-order valence-corrected chi connectivity index (χ2v) is 8.64. The van der Waals surface area contributed by atoms with Crippen LogP contribution in [0.2, 0.25) is 0 Å². The molecule has 0 radical (unpaired) electrons. The van der Waals surface area contributed by atoms with E-state index < -0.39 is 31.8 Å². The van der Waals surface area contributed by atoms with Gasteiger partial charge in [-0.25, -0.2) is 9.59 Å². The van der Waals surface area contributed by atoms with Crippen molar-refractivity contribution in [2.75, 3.05) is 32.7 Å². The number of carbonyl (C=O) groups excluding carboxylic acids is 3. The number of carbonyl (C=O) groups is 3. The van der Waals surface area contributed by atoms with Gasteiger partial charge < -0.3 is 24.0 Å². The fourth-order valence-electron chi connectivity index (χ4n) is 2.49. The third-order valence-corrected chi connectivity index (χ3v) is 5.32. The first kappa shape index (κ1) is 28.8.